The van der Waals surface area contributed by atoms with Crippen molar-refractivity contribution in [2.45, 2.75) is 16.7 Å². The van der Waals surface area contributed by atoms with Gasteiger partial charge in [-0.3, -0.25) is 4.79 Å². The van der Waals surface area contributed by atoms with Crippen LogP contribution < -0.4 is 15.5 Å². The van der Waals surface area contributed by atoms with Gasteiger partial charge in [-0.1, -0.05) is 30.3 Å². The van der Waals surface area contributed by atoms with E-state index in [0.29, 0.717) is 35.3 Å². The van der Waals surface area contributed by atoms with E-state index in [-0.39, 0.29) is 17.3 Å². The summed E-state index contributed by atoms with van der Waals surface area (Å²) in [5, 5.41) is 3.87. The molecule has 0 aromatic heterocycles. The average Bonchev–Trinajstić information content (AvgIpc) is 3.46. The number of nitrogens with zero attached hydrogens (tertiary/aromatic N) is 1. The van der Waals surface area contributed by atoms with Crippen molar-refractivity contribution in [3.05, 3.63) is 83.7 Å². The van der Waals surface area contributed by atoms with Crippen LogP contribution in [0.1, 0.15) is 15.9 Å². The standard InChI is InChI=1S/C24H20FN3O4S/c25-17-8-6-16(7-9-17)23(29)28-13-12-18-19(28)10-11-20(22(18)15-4-2-1-3-5-15)33(31,32)21-14-26-24(30)27-21/h1-11,21H,12-14H2,(H2,26,27,30). The maximum atomic E-state index is 13.5. The maximum Gasteiger partial charge on any atom is 0.315 e. The molecule has 7 nitrogen and oxygen atoms in total. The molecular weight excluding hydrogens is 445 g/mol. The number of hydrogen-bond donors (Lipinski definition) is 2. The van der Waals surface area contributed by atoms with Gasteiger partial charge in [0.1, 0.15) is 5.82 Å². The quantitative estimate of drug-likeness (QED) is 0.619. The van der Waals surface area contributed by atoms with Gasteiger partial charge in [0.2, 0.25) is 9.84 Å². The zero-order chi connectivity index (χ0) is 23.2. The van der Waals surface area contributed by atoms with Gasteiger partial charge in [-0.05, 0) is 53.9 Å². The van der Waals surface area contributed by atoms with Crippen LogP contribution in [0.4, 0.5) is 14.9 Å². The fourth-order valence-corrected chi connectivity index (χ4v) is 6.01. The van der Waals surface area contributed by atoms with E-state index in [4.69, 9.17) is 0 Å². The van der Waals surface area contributed by atoms with Gasteiger partial charge < -0.3 is 15.5 Å². The number of rotatable bonds is 4. The summed E-state index contributed by atoms with van der Waals surface area (Å²) in [6.07, 6.45) is 0.463. The van der Waals surface area contributed by atoms with Crippen LogP contribution in [0.5, 0.6) is 0 Å². The average molecular weight is 466 g/mol. The molecule has 1 fully saturated rings. The van der Waals surface area contributed by atoms with Gasteiger partial charge in [0.05, 0.1) is 11.4 Å². The number of urea groups is 1. The van der Waals surface area contributed by atoms with Crippen LogP contribution in [0.3, 0.4) is 0 Å². The summed E-state index contributed by atoms with van der Waals surface area (Å²) in [7, 11) is -3.91. The molecule has 1 unspecified atom stereocenters. The summed E-state index contributed by atoms with van der Waals surface area (Å²) in [4.78, 5) is 26.4. The second-order valence-electron chi connectivity index (χ2n) is 7.90. The molecule has 2 aliphatic rings. The van der Waals surface area contributed by atoms with E-state index in [9.17, 15) is 22.4 Å². The summed E-state index contributed by atoms with van der Waals surface area (Å²) in [5.74, 6) is -0.710. The van der Waals surface area contributed by atoms with Crippen LogP contribution in [-0.4, -0.2) is 38.8 Å². The Bertz CT molecular complexity index is 1360. The van der Waals surface area contributed by atoms with E-state index >= 15 is 0 Å². The lowest BCUT2D eigenvalue weighted by Gasteiger charge is -2.21. The van der Waals surface area contributed by atoms with Crippen LogP contribution in [0, 0.1) is 5.82 Å². The zero-order valence-corrected chi connectivity index (χ0v) is 18.2. The van der Waals surface area contributed by atoms with E-state index in [1.54, 1.807) is 11.0 Å². The molecule has 0 saturated carbocycles. The molecule has 5 rings (SSSR count). The molecule has 1 atom stereocenters. The van der Waals surface area contributed by atoms with Crippen molar-refractivity contribution in [3.8, 4) is 11.1 Å². The van der Waals surface area contributed by atoms with Gasteiger partial charge in [-0.25, -0.2) is 17.6 Å². The Labute approximate surface area is 190 Å². The van der Waals surface area contributed by atoms with Gasteiger partial charge in [-0.2, -0.15) is 0 Å². The predicted octanol–water partition coefficient (Wildman–Crippen LogP) is 3.11. The molecular formula is C24H20FN3O4S. The first kappa shape index (κ1) is 21.1. The molecule has 2 N–H and O–H groups in total. The number of anilines is 1. The monoisotopic (exact) mass is 465 g/mol. The molecule has 9 heteroatoms. The lowest BCUT2D eigenvalue weighted by molar-refractivity contribution is 0.0989. The van der Waals surface area contributed by atoms with E-state index in [1.165, 1.54) is 30.3 Å². The van der Waals surface area contributed by atoms with E-state index in [1.807, 2.05) is 30.3 Å². The minimum atomic E-state index is -3.91. The highest BCUT2D eigenvalue weighted by Crippen LogP contribution is 2.41. The topological polar surface area (TPSA) is 95.6 Å². The van der Waals surface area contributed by atoms with Crippen LogP contribution in [0.25, 0.3) is 11.1 Å². The van der Waals surface area contributed by atoms with Crippen molar-refractivity contribution < 1.29 is 22.4 Å². The number of carbonyl (C=O) groups excluding carboxylic acids is 2. The molecule has 1 saturated heterocycles. The summed E-state index contributed by atoms with van der Waals surface area (Å²) >= 11 is 0. The van der Waals surface area contributed by atoms with Crippen LogP contribution in [0.2, 0.25) is 0 Å². The number of fused-ring (bicyclic) bond motifs is 1. The molecule has 0 bridgehead atoms. The smallest absolute Gasteiger partial charge is 0.315 e. The van der Waals surface area contributed by atoms with Gasteiger partial charge >= 0.3 is 6.03 Å². The zero-order valence-electron chi connectivity index (χ0n) is 17.4. The Kier molecular flexibility index (Phi) is 5.13. The third-order valence-corrected chi connectivity index (χ3v) is 7.93. The molecule has 33 heavy (non-hydrogen) atoms. The molecule has 2 heterocycles. The van der Waals surface area contributed by atoms with Gasteiger partial charge in [0.25, 0.3) is 5.91 Å². The second-order valence-corrected chi connectivity index (χ2v) is 10.0. The molecule has 0 radical (unpaired) electrons. The Morgan fingerprint density at radius 1 is 1.00 bits per heavy atom. The van der Waals surface area contributed by atoms with Crippen LogP contribution in [-0.2, 0) is 16.3 Å². The molecule has 3 aromatic rings. The Morgan fingerprint density at radius 3 is 2.39 bits per heavy atom. The fraction of sp³-hybridized carbons (Fsp3) is 0.167. The summed E-state index contributed by atoms with van der Waals surface area (Å²) in [6.45, 7) is 0.345. The van der Waals surface area contributed by atoms with Gasteiger partial charge in [0, 0.05) is 23.4 Å². The van der Waals surface area contributed by atoms with E-state index in [0.717, 1.165) is 5.56 Å². The highest BCUT2D eigenvalue weighted by Gasteiger charge is 2.38. The lowest BCUT2D eigenvalue weighted by Crippen LogP contribution is -2.35. The maximum absolute atomic E-state index is 13.5. The number of carbonyl (C=O) groups is 2. The number of halogens is 1. The van der Waals surface area contributed by atoms with Gasteiger partial charge in [0.15, 0.2) is 5.37 Å². The first-order valence-electron chi connectivity index (χ1n) is 10.4. The Morgan fingerprint density at radius 2 is 1.73 bits per heavy atom. The third-order valence-electron chi connectivity index (χ3n) is 5.95. The highest BCUT2D eigenvalue weighted by atomic mass is 32.2. The molecule has 168 valence electrons. The summed E-state index contributed by atoms with van der Waals surface area (Å²) in [6, 6.07) is 17.1. The number of amides is 3. The molecule has 0 aliphatic carbocycles. The lowest BCUT2D eigenvalue weighted by atomic mass is 9.97. The number of benzene rings is 3. The van der Waals surface area contributed by atoms with Crippen LogP contribution in [0.15, 0.2) is 71.6 Å². The van der Waals surface area contributed by atoms with Crippen molar-refractivity contribution >= 4 is 27.5 Å². The summed E-state index contributed by atoms with van der Waals surface area (Å²) in [5.41, 5.74) is 2.96. The molecule has 2 aliphatic heterocycles. The first-order valence-corrected chi connectivity index (χ1v) is 12.0. The van der Waals surface area contributed by atoms with Crippen molar-refractivity contribution in [1.82, 2.24) is 10.6 Å². The van der Waals surface area contributed by atoms with Crippen molar-refractivity contribution in [2.24, 2.45) is 0 Å². The highest BCUT2D eigenvalue weighted by molar-refractivity contribution is 7.92. The van der Waals surface area contributed by atoms with Crippen molar-refractivity contribution in [1.29, 1.82) is 0 Å². The van der Waals surface area contributed by atoms with E-state index in [2.05, 4.69) is 10.6 Å². The Hall–Kier alpha value is -3.72. The molecule has 3 aromatic carbocycles. The number of hydrogen-bond acceptors (Lipinski definition) is 4. The SMILES string of the molecule is O=C1NCC(S(=O)(=O)c2ccc3c(c2-c2ccccc2)CCN3C(=O)c2ccc(F)cc2)N1. The van der Waals surface area contributed by atoms with E-state index < -0.39 is 27.1 Å². The second kappa shape index (κ2) is 8.00. The van der Waals surface area contributed by atoms with Gasteiger partial charge in [-0.15, -0.1) is 0 Å². The minimum Gasteiger partial charge on any atom is -0.335 e. The minimum absolute atomic E-state index is 0.0261. The van der Waals surface area contributed by atoms with Crippen LogP contribution >= 0.6 is 0 Å². The third kappa shape index (κ3) is 3.64. The molecule has 0 spiro atoms. The van der Waals surface area contributed by atoms with Crippen molar-refractivity contribution in [3.63, 3.8) is 0 Å². The van der Waals surface area contributed by atoms with Crippen molar-refractivity contribution in [2.75, 3.05) is 18.0 Å². The Balaban J connectivity index is 1.63. The fourth-order valence-electron chi connectivity index (χ4n) is 4.36. The normalized spacial score (nSPS) is 17.4. The number of nitrogens with one attached hydrogen (secondary N) is 2. The number of sulfone groups is 1. The summed E-state index contributed by atoms with van der Waals surface area (Å²) < 4.78 is 40.2. The molecule has 3 amide bonds. The largest absolute Gasteiger partial charge is 0.335 e. The predicted molar refractivity (Wildman–Crippen MR) is 121 cm³/mol. The first-order chi connectivity index (χ1) is 15.9.